The van der Waals surface area contributed by atoms with E-state index in [1.165, 1.54) is 13.8 Å². The Balaban J connectivity index is 2.78. The van der Waals surface area contributed by atoms with Gasteiger partial charge in [-0.1, -0.05) is 23.7 Å². The molecule has 0 saturated heterocycles. The molecule has 0 heterocycles. The average molecular weight is 399 g/mol. The summed E-state index contributed by atoms with van der Waals surface area (Å²) in [7, 11) is 0. The summed E-state index contributed by atoms with van der Waals surface area (Å²) in [6.45, 7) is 2.81. The van der Waals surface area contributed by atoms with Gasteiger partial charge in [-0.2, -0.15) is 0 Å². The SMILES string of the molecule is CC(=O)[C@H](CN)NC(=O)[C@@H](NC(=O)CC(CN)c1ccc(Cl)cc1)C(C)O. The molecule has 0 aliphatic heterocycles. The highest BCUT2D eigenvalue weighted by Gasteiger charge is 2.29. The molecule has 0 radical (unpaired) electrons. The zero-order valence-corrected chi connectivity index (χ0v) is 16.2. The molecule has 0 spiro atoms. The maximum Gasteiger partial charge on any atom is 0.245 e. The van der Waals surface area contributed by atoms with E-state index in [0.29, 0.717) is 5.02 Å². The standard InChI is InChI=1S/C18H27ClN4O4/c1-10(24)15(9-21)22-18(27)17(11(2)25)23-16(26)7-13(8-20)12-3-5-14(19)6-4-12/h3-6,11,13,15,17,25H,7-9,20-21H2,1-2H3,(H,22,27)(H,23,26)/t11?,13?,15-,17-/m0/s1. The molecule has 1 aromatic carbocycles. The second-order valence-corrected chi connectivity index (χ2v) is 6.82. The fraction of sp³-hybridized carbons (Fsp3) is 0.500. The van der Waals surface area contributed by atoms with E-state index in [9.17, 15) is 19.5 Å². The van der Waals surface area contributed by atoms with Crippen molar-refractivity contribution in [2.75, 3.05) is 13.1 Å². The third-order valence-electron chi connectivity index (χ3n) is 4.18. The summed E-state index contributed by atoms with van der Waals surface area (Å²) in [5.41, 5.74) is 12.1. The van der Waals surface area contributed by atoms with E-state index in [-0.39, 0.29) is 31.2 Å². The van der Waals surface area contributed by atoms with Crippen molar-refractivity contribution in [3.63, 3.8) is 0 Å². The highest BCUT2D eigenvalue weighted by Crippen LogP contribution is 2.20. The van der Waals surface area contributed by atoms with Gasteiger partial charge in [0.1, 0.15) is 6.04 Å². The first-order chi connectivity index (χ1) is 12.7. The lowest BCUT2D eigenvalue weighted by Gasteiger charge is -2.24. The second kappa shape index (κ2) is 11.0. The lowest BCUT2D eigenvalue weighted by molar-refractivity contribution is -0.133. The predicted octanol–water partition coefficient (Wildman–Crippen LogP) is -0.329. The number of Topliss-reactive ketones (excluding diaryl/α,β-unsaturated/α-hetero) is 1. The van der Waals surface area contributed by atoms with Crippen LogP contribution >= 0.6 is 11.6 Å². The number of ketones is 1. The van der Waals surface area contributed by atoms with Crippen molar-refractivity contribution in [1.29, 1.82) is 0 Å². The third kappa shape index (κ3) is 7.26. The quantitative estimate of drug-likeness (QED) is 0.364. The van der Waals surface area contributed by atoms with Crippen molar-refractivity contribution in [2.24, 2.45) is 11.5 Å². The van der Waals surface area contributed by atoms with Crippen molar-refractivity contribution >= 4 is 29.2 Å². The normalized spacial score (nSPS) is 15.3. The number of benzene rings is 1. The maximum absolute atomic E-state index is 12.4. The van der Waals surface area contributed by atoms with Crippen molar-refractivity contribution in [2.45, 2.75) is 44.4 Å². The molecule has 27 heavy (non-hydrogen) atoms. The second-order valence-electron chi connectivity index (χ2n) is 6.38. The molecule has 8 nitrogen and oxygen atoms in total. The van der Waals surface area contributed by atoms with Crippen LogP contribution in [0.3, 0.4) is 0 Å². The molecule has 0 aromatic heterocycles. The van der Waals surface area contributed by atoms with E-state index in [0.717, 1.165) is 5.56 Å². The molecule has 9 heteroatoms. The summed E-state index contributed by atoms with van der Waals surface area (Å²) < 4.78 is 0. The minimum absolute atomic E-state index is 0.0294. The van der Waals surface area contributed by atoms with Crippen molar-refractivity contribution in [1.82, 2.24) is 10.6 Å². The monoisotopic (exact) mass is 398 g/mol. The van der Waals surface area contributed by atoms with Gasteiger partial charge in [0.2, 0.25) is 11.8 Å². The van der Waals surface area contributed by atoms with Crippen LogP contribution in [0.25, 0.3) is 0 Å². The van der Waals surface area contributed by atoms with Crippen LogP contribution in [0.1, 0.15) is 31.7 Å². The molecule has 1 aromatic rings. The lowest BCUT2D eigenvalue weighted by Crippen LogP contribution is -2.57. The smallest absolute Gasteiger partial charge is 0.245 e. The minimum Gasteiger partial charge on any atom is -0.391 e. The first kappa shape index (κ1) is 23.0. The molecule has 150 valence electrons. The number of nitrogens with one attached hydrogen (secondary N) is 2. The molecule has 0 bridgehead atoms. The van der Waals surface area contributed by atoms with E-state index in [1.807, 2.05) is 0 Å². The van der Waals surface area contributed by atoms with E-state index >= 15 is 0 Å². The fourth-order valence-corrected chi connectivity index (χ4v) is 2.65. The van der Waals surface area contributed by atoms with Crippen molar-refractivity contribution in [3.8, 4) is 0 Å². The maximum atomic E-state index is 12.4. The van der Waals surface area contributed by atoms with Gasteiger partial charge in [-0.3, -0.25) is 14.4 Å². The summed E-state index contributed by atoms with van der Waals surface area (Å²) in [4.78, 5) is 36.1. The Labute approximate surface area is 163 Å². The summed E-state index contributed by atoms with van der Waals surface area (Å²) >= 11 is 5.86. The van der Waals surface area contributed by atoms with Gasteiger partial charge in [-0.25, -0.2) is 0 Å². The van der Waals surface area contributed by atoms with Gasteiger partial charge >= 0.3 is 0 Å². The highest BCUT2D eigenvalue weighted by atomic mass is 35.5. The number of aliphatic hydroxyl groups excluding tert-OH is 1. The van der Waals surface area contributed by atoms with Crippen molar-refractivity contribution < 1.29 is 19.5 Å². The van der Waals surface area contributed by atoms with Crippen molar-refractivity contribution in [3.05, 3.63) is 34.9 Å². The van der Waals surface area contributed by atoms with Gasteiger partial charge in [0.25, 0.3) is 0 Å². The number of carbonyl (C=O) groups excluding carboxylic acids is 3. The van der Waals surface area contributed by atoms with Gasteiger partial charge < -0.3 is 27.2 Å². The lowest BCUT2D eigenvalue weighted by atomic mass is 9.95. The van der Waals surface area contributed by atoms with Gasteiger partial charge in [0.05, 0.1) is 12.1 Å². The third-order valence-corrected chi connectivity index (χ3v) is 4.43. The van der Waals surface area contributed by atoms with Crippen LogP contribution < -0.4 is 22.1 Å². The summed E-state index contributed by atoms with van der Waals surface area (Å²) in [6, 6.07) is 4.89. The largest absolute Gasteiger partial charge is 0.391 e. The van der Waals surface area contributed by atoms with E-state index in [4.69, 9.17) is 23.1 Å². The molecule has 1 rings (SSSR count). The van der Waals surface area contributed by atoms with E-state index < -0.39 is 30.0 Å². The highest BCUT2D eigenvalue weighted by molar-refractivity contribution is 6.30. The average Bonchev–Trinajstić information content (AvgIpc) is 2.62. The topological polar surface area (TPSA) is 148 Å². The van der Waals surface area contributed by atoms with Crippen LogP contribution in [-0.2, 0) is 14.4 Å². The number of nitrogens with two attached hydrogens (primary N) is 2. The van der Waals surface area contributed by atoms with Gasteiger partial charge in [0, 0.05) is 23.9 Å². The summed E-state index contributed by atoms with van der Waals surface area (Å²) in [6.07, 6.45) is -1.13. The molecule has 2 unspecified atom stereocenters. The van der Waals surface area contributed by atoms with Crippen LogP contribution in [0.4, 0.5) is 0 Å². The van der Waals surface area contributed by atoms with E-state index in [2.05, 4.69) is 10.6 Å². The van der Waals surface area contributed by atoms with Gasteiger partial charge in [-0.05, 0) is 38.1 Å². The molecule has 0 aliphatic rings. The number of rotatable bonds is 10. The molecule has 0 saturated carbocycles. The molecular formula is C18H27ClN4O4. The van der Waals surface area contributed by atoms with Crippen LogP contribution in [0.15, 0.2) is 24.3 Å². The number of halogens is 1. The first-order valence-electron chi connectivity index (χ1n) is 8.63. The Kier molecular flexibility index (Phi) is 9.37. The summed E-state index contributed by atoms with van der Waals surface area (Å²) in [5, 5.41) is 15.4. The minimum atomic E-state index is -1.21. The van der Waals surface area contributed by atoms with Crippen LogP contribution in [-0.4, -0.2) is 54.0 Å². The Morgan fingerprint density at radius 1 is 1.11 bits per heavy atom. The number of hydrogen-bond donors (Lipinski definition) is 5. The number of hydrogen-bond acceptors (Lipinski definition) is 6. The van der Waals surface area contributed by atoms with Crippen LogP contribution in [0.5, 0.6) is 0 Å². The molecule has 7 N–H and O–H groups in total. The summed E-state index contributed by atoms with van der Waals surface area (Å²) in [5.74, 6) is -1.71. The zero-order valence-electron chi connectivity index (χ0n) is 15.4. The van der Waals surface area contributed by atoms with Crippen LogP contribution in [0.2, 0.25) is 5.02 Å². The van der Waals surface area contributed by atoms with Gasteiger partial charge in [0.15, 0.2) is 5.78 Å². The first-order valence-corrected chi connectivity index (χ1v) is 9.01. The molecule has 0 aliphatic carbocycles. The molecular weight excluding hydrogens is 372 g/mol. The predicted molar refractivity (Wildman–Crippen MR) is 103 cm³/mol. The number of amides is 2. The Morgan fingerprint density at radius 3 is 2.15 bits per heavy atom. The molecule has 4 atom stereocenters. The fourth-order valence-electron chi connectivity index (χ4n) is 2.52. The molecule has 0 fully saturated rings. The Bertz CT molecular complexity index is 651. The zero-order chi connectivity index (χ0) is 20.6. The van der Waals surface area contributed by atoms with Gasteiger partial charge in [-0.15, -0.1) is 0 Å². The molecule has 2 amide bonds. The Hall–Kier alpha value is -2.00. The number of carbonyl (C=O) groups is 3. The van der Waals surface area contributed by atoms with E-state index in [1.54, 1.807) is 24.3 Å². The number of aliphatic hydroxyl groups is 1. The Morgan fingerprint density at radius 2 is 1.70 bits per heavy atom. The van der Waals surface area contributed by atoms with Crippen LogP contribution in [0, 0.1) is 0 Å².